The number of halogens is 2. The highest BCUT2D eigenvalue weighted by Crippen LogP contribution is 2.27. The van der Waals surface area contributed by atoms with Gasteiger partial charge in [0.1, 0.15) is 11.9 Å². The van der Waals surface area contributed by atoms with Crippen molar-refractivity contribution in [2.75, 3.05) is 36.4 Å². The Hall–Kier alpha value is -2.81. The van der Waals surface area contributed by atoms with Gasteiger partial charge in [0.2, 0.25) is 5.91 Å². The number of aryl methyl sites for hydroxylation is 1. The van der Waals surface area contributed by atoms with Crippen molar-refractivity contribution in [3.63, 3.8) is 0 Å². The van der Waals surface area contributed by atoms with Crippen LogP contribution in [-0.4, -0.2) is 65.0 Å². The number of alkyl halides is 2. The third-order valence-corrected chi connectivity index (χ3v) is 6.74. The van der Waals surface area contributed by atoms with Crippen molar-refractivity contribution < 1.29 is 14.3 Å². The van der Waals surface area contributed by atoms with Crippen LogP contribution in [0.15, 0.2) is 48.5 Å². The molecule has 0 saturated carbocycles. The number of nitrogens with zero attached hydrogens (tertiary/aromatic N) is 3. The molecule has 1 amide bonds. The van der Waals surface area contributed by atoms with Gasteiger partial charge in [-0.2, -0.15) is 0 Å². The summed E-state index contributed by atoms with van der Waals surface area (Å²) in [5, 5.41) is 2.79. The van der Waals surface area contributed by atoms with Gasteiger partial charge >= 0.3 is 5.97 Å². The van der Waals surface area contributed by atoms with Crippen LogP contribution in [0, 0.1) is 5.92 Å². The van der Waals surface area contributed by atoms with E-state index in [1.54, 1.807) is 6.92 Å². The number of hydrogen-bond donors (Lipinski definition) is 2. The second-order valence-corrected chi connectivity index (χ2v) is 10.6. The predicted molar refractivity (Wildman–Crippen MR) is 159 cm³/mol. The fraction of sp³-hybridized carbons (Fsp3) is 0.483. The monoisotopic (exact) mass is 575 g/mol. The van der Waals surface area contributed by atoms with Crippen LogP contribution in [0.2, 0.25) is 0 Å². The minimum atomic E-state index is -0.809. The molecule has 0 aliphatic heterocycles. The highest BCUT2D eigenvalue weighted by atomic mass is 35.5. The van der Waals surface area contributed by atoms with Crippen LogP contribution in [0.1, 0.15) is 39.4 Å². The van der Waals surface area contributed by atoms with E-state index in [0.717, 1.165) is 28.2 Å². The number of amides is 1. The Morgan fingerprint density at radius 2 is 1.79 bits per heavy atom. The van der Waals surface area contributed by atoms with Crippen molar-refractivity contribution in [1.29, 1.82) is 0 Å². The van der Waals surface area contributed by atoms with Crippen LogP contribution < -0.4 is 16.0 Å². The molecule has 0 saturated heterocycles. The molecule has 0 aliphatic carbocycles. The van der Waals surface area contributed by atoms with E-state index in [1.807, 2.05) is 56.3 Å². The van der Waals surface area contributed by atoms with Crippen molar-refractivity contribution in [2.45, 2.75) is 52.1 Å². The first-order valence-corrected chi connectivity index (χ1v) is 14.5. The largest absolute Gasteiger partial charge is 0.464 e. The number of rotatable bonds is 15. The van der Waals surface area contributed by atoms with Crippen LogP contribution in [0.3, 0.4) is 0 Å². The Morgan fingerprint density at radius 1 is 1.10 bits per heavy atom. The fourth-order valence-electron chi connectivity index (χ4n) is 4.54. The molecule has 3 aromatic rings. The molecule has 2 aromatic carbocycles. The van der Waals surface area contributed by atoms with Crippen molar-refractivity contribution in [3.05, 3.63) is 54.4 Å². The lowest BCUT2D eigenvalue weighted by molar-refractivity contribution is -0.148. The Labute approximate surface area is 240 Å². The summed E-state index contributed by atoms with van der Waals surface area (Å²) < 4.78 is 7.24. The summed E-state index contributed by atoms with van der Waals surface area (Å²) in [4.78, 5) is 32.4. The Bertz CT molecular complexity index is 1210. The van der Waals surface area contributed by atoms with Crippen LogP contribution >= 0.6 is 23.2 Å². The average Bonchev–Trinajstić information content (AvgIpc) is 3.29. The molecule has 1 heterocycles. The SMILES string of the molecule is CCOC(=O)C(CC(C)C)NC(=O)C(N)CCc1nc2cc(N(CCCl)CCCl)ccc2n1-c1ccccc1. The number of carbonyl (C=O) groups is 2. The first kappa shape index (κ1) is 30.7. The van der Waals surface area contributed by atoms with Crippen LogP contribution in [0.5, 0.6) is 0 Å². The Morgan fingerprint density at radius 3 is 2.41 bits per heavy atom. The molecule has 0 fully saturated rings. The van der Waals surface area contributed by atoms with E-state index >= 15 is 0 Å². The topological polar surface area (TPSA) is 102 Å². The first-order valence-electron chi connectivity index (χ1n) is 13.4. The van der Waals surface area contributed by atoms with Gasteiger partial charge in [0.05, 0.1) is 23.7 Å². The number of nitrogens with one attached hydrogen (secondary N) is 1. The highest BCUT2D eigenvalue weighted by Gasteiger charge is 2.26. The lowest BCUT2D eigenvalue weighted by atomic mass is 10.0. The summed E-state index contributed by atoms with van der Waals surface area (Å²) in [6.45, 7) is 7.33. The van der Waals surface area contributed by atoms with Gasteiger partial charge in [-0.1, -0.05) is 32.0 Å². The van der Waals surface area contributed by atoms with E-state index in [2.05, 4.69) is 20.9 Å². The van der Waals surface area contributed by atoms with E-state index in [-0.39, 0.29) is 18.4 Å². The molecule has 0 aliphatic rings. The van der Waals surface area contributed by atoms with Crippen molar-refractivity contribution in [1.82, 2.24) is 14.9 Å². The smallest absolute Gasteiger partial charge is 0.328 e. The minimum absolute atomic E-state index is 0.205. The van der Waals surface area contributed by atoms with Gasteiger partial charge in [-0.3, -0.25) is 9.36 Å². The van der Waals surface area contributed by atoms with E-state index in [1.165, 1.54) is 0 Å². The second kappa shape index (κ2) is 15.1. The Kier molecular flexibility index (Phi) is 11.9. The van der Waals surface area contributed by atoms with Crippen LogP contribution in [0.25, 0.3) is 16.7 Å². The normalized spacial score (nSPS) is 12.9. The number of para-hydroxylation sites is 1. The molecule has 1 aromatic heterocycles. The summed E-state index contributed by atoms with van der Waals surface area (Å²) in [6, 6.07) is 14.6. The maximum atomic E-state index is 12.9. The molecule has 3 rings (SSSR count). The van der Waals surface area contributed by atoms with E-state index in [4.69, 9.17) is 38.7 Å². The molecule has 8 nitrogen and oxygen atoms in total. The molecule has 0 radical (unpaired) electrons. The van der Waals surface area contributed by atoms with Gasteiger partial charge in [-0.25, -0.2) is 9.78 Å². The minimum Gasteiger partial charge on any atom is -0.464 e. The van der Waals surface area contributed by atoms with Gasteiger partial charge < -0.3 is 20.7 Å². The molecule has 212 valence electrons. The van der Waals surface area contributed by atoms with E-state index in [0.29, 0.717) is 44.1 Å². The molecular formula is C29H39Cl2N5O3. The van der Waals surface area contributed by atoms with Crippen molar-refractivity contribution in [3.8, 4) is 5.69 Å². The number of benzene rings is 2. The van der Waals surface area contributed by atoms with Gasteiger partial charge in [0.15, 0.2) is 0 Å². The number of nitrogens with two attached hydrogens (primary N) is 1. The summed E-state index contributed by atoms with van der Waals surface area (Å²) in [5.74, 6) is 1.17. The standard InChI is InChI=1S/C29H39Cl2N5O3/c1-4-39-29(38)25(18-20(2)3)34-28(37)23(32)11-13-27-33-24-19-22(35(16-14-30)17-15-31)10-12-26(24)36(27)21-8-6-5-7-9-21/h5-10,12,19-20,23,25H,4,11,13-18,32H2,1-3H3,(H,34,37). The summed E-state index contributed by atoms with van der Waals surface area (Å²) in [5.41, 5.74) is 10.1. The number of carbonyl (C=O) groups excluding carboxylic acids is 2. The second-order valence-electron chi connectivity index (χ2n) is 9.82. The lowest BCUT2D eigenvalue weighted by Gasteiger charge is -2.22. The molecule has 0 bridgehead atoms. The van der Waals surface area contributed by atoms with Crippen LogP contribution in [-0.2, 0) is 20.7 Å². The zero-order valence-electron chi connectivity index (χ0n) is 22.9. The molecule has 2 atom stereocenters. The molecule has 2 unspecified atom stereocenters. The van der Waals surface area contributed by atoms with E-state index in [9.17, 15) is 9.59 Å². The fourth-order valence-corrected chi connectivity index (χ4v) is 4.95. The maximum Gasteiger partial charge on any atom is 0.328 e. The van der Waals surface area contributed by atoms with Crippen molar-refractivity contribution in [2.24, 2.45) is 11.7 Å². The highest BCUT2D eigenvalue weighted by molar-refractivity contribution is 6.18. The predicted octanol–water partition coefficient (Wildman–Crippen LogP) is 4.66. The maximum absolute atomic E-state index is 12.9. The average molecular weight is 577 g/mol. The molecule has 3 N–H and O–H groups in total. The third-order valence-electron chi connectivity index (χ3n) is 6.41. The number of anilines is 1. The Balaban J connectivity index is 1.85. The van der Waals surface area contributed by atoms with Gasteiger partial charge in [0.25, 0.3) is 0 Å². The zero-order valence-corrected chi connectivity index (χ0v) is 24.4. The number of imidazole rings is 1. The number of aromatic nitrogens is 2. The first-order chi connectivity index (χ1) is 18.8. The number of fused-ring (bicyclic) bond motifs is 1. The number of ether oxygens (including phenoxy) is 1. The number of esters is 1. The quantitative estimate of drug-likeness (QED) is 0.202. The number of hydrogen-bond acceptors (Lipinski definition) is 6. The van der Waals surface area contributed by atoms with Gasteiger partial charge in [-0.05, 0) is 56.0 Å². The third kappa shape index (κ3) is 8.34. The molecule has 10 heteroatoms. The summed E-state index contributed by atoms with van der Waals surface area (Å²) >= 11 is 12.0. The van der Waals surface area contributed by atoms with Gasteiger partial charge in [-0.15, -0.1) is 23.2 Å². The van der Waals surface area contributed by atoms with Crippen molar-refractivity contribution >= 4 is 51.8 Å². The molecule has 0 spiro atoms. The summed E-state index contributed by atoms with van der Waals surface area (Å²) in [7, 11) is 0. The summed E-state index contributed by atoms with van der Waals surface area (Å²) in [6.07, 6.45) is 1.30. The lowest BCUT2D eigenvalue weighted by Crippen LogP contribution is -2.49. The van der Waals surface area contributed by atoms with Gasteiger partial charge in [0, 0.05) is 42.6 Å². The van der Waals surface area contributed by atoms with E-state index < -0.39 is 18.1 Å². The zero-order chi connectivity index (χ0) is 28.4. The molecular weight excluding hydrogens is 537 g/mol. The molecule has 39 heavy (non-hydrogen) atoms. The van der Waals surface area contributed by atoms with Crippen LogP contribution in [0.4, 0.5) is 5.69 Å².